The SMILES string of the molecule is CCNC(=NCCc1c(C)noc1C)NC1CCOc2ccccc21. The molecule has 134 valence electrons. The van der Waals surface area contributed by atoms with Crippen molar-refractivity contribution in [3.8, 4) is 5.75 Å². The summed E-state index contributed by atoms with van der Waals surface area (Å²) >= 11 is 0. The van der Waals surface area contributed by atoms with E-state index in [1.54, 1.807) is 0 Å². The van der Waals surface area contributed by atoms with Crippen molar-refractivity contribution in [1.29, 1.82) is 0 Å². The Kier molecular flexibility index (Phi) is 5.58. The summed E-state index contributed by atoms with van der Waals surface area (Å²) in [6.45, 7) is 8.21. The fraction of sp³-hybridized carbons (Fsp3) is 0.474. The van der Waals surface area contributed by atoms with Crippen LogP contribution in [0.4, 0.5) is 0 Å². The molecule has 0 bridgehead atoms. The van der Waals surface area contributed by atoms with Gasteiger partial charge < -0.3 is 19.9 Å². The van der Waals surface area contributed by atoms with Gasteiger partial charge in [-0.2, -0.15) is 0 Å². The summed E-state index contributed by atoms with van der Waals surface area (Å²) in [5.74, 6) is 2.66. The number of aromatic nitrogens is 1. The molecule has 0 saturated carbocycles. The number of aryl methyl sites for hydroxylation is 2. The highest BCUT2D eigenvalue weighted by Crippen LogP contribution is 2.31. The second-order valence-corrected chi connectivity index (χ2v) is 6.19. The van der Waals surface area contributed by atoms with Crippen LogP contribution in [0.25, 0.3) is 0 Å². The zero-order chi connectivity index (χ0) is 17.6. The zero-order valence-corrected chi connectivity index (χ0v) is 15.1. The average molecular weight is 342 g/mol. The number of hydrogen-bond donors (Lipinski definition) is 2. The molecule has 3 rings (SSSR count). The molecule has 0 radical (unpaired) electrons. The van der Waals surface area contributed by atoms with E-state index in [0.717, 1.165) is 48.1 Å². The molecule has 2 aromatic rings. The van der Waals surface area contributed by atoms with E-state index in [1.807, 2.05) is 32.0 Å². The third-order valence-electron chi connectivity index (χ3n) is 4.43. The summed E-state index contributed by atoms with van der Waals surface area (Å²) in [5.41, 5.74) is 3.28. The monoisotopic (exact) mass is 342 g/mol. The highest BCUT2D eigenvalue weighted by molar-refractivity contribution is 5.80. The quantitative estimate of drug-likeness (QED) is 0.646. The van der Waals surface area contributed by atoms with E-state index >= 15 is 0 Å². The predicted molar refractivity (Wildman–Crippen MR) is 98.1 cm³/mol. The van der Waals surface area contributed by atoms with Crippen molar-refractivity contribution in [3.63, 3.8) is 0 Å². The van der Waals surface area contributed by atoms with Gasteiger partial charge in [-0.15, -0.1) is 0 Å². The Bertz CT molecular complexity index is 719. The van der Waals surface area contributed by atoms with E-state index in [9.17, 15) is 0 Å². The molecule has 0 saturated heterocycles. The van der Waals surface area contributed by atoms with Crippen LogP contribution in [0.3, 0.4) is 0 Å². The summed E-state index contributed by atoms with van der Waals surface area (Å²) in [6, 6.07) is 8.39. The van der Waals surface area contributed by atoms with E-state index in [2.05, 4.69) is 28.8 Å². The third kappa shape index (κ3) is 4.13. The van der Waals surface area contributed by atoms with Crippen LogP contribution in [-0.2, 0) is 6.42 Å². The first-order chi connectivity index (χ1) is 12.2. The van der Waals surface area contributed by atoms with E-state index < -0.39 is 0 Å². The molecule has 6 nitrogen and oxygen atoms in total. The first kappa shape index (κ1) is 17.3. The van der Waals surface area contributed by atoms with Gasteiger partial charge >= 0.3 is 0 Å². The van der Waals surface area contributed by atoms with Gasteiger partial charge in [0.2, 0.25) is 0 Å². The Labute approximate surface area is 148 Å². The molecular weight excluding hydrogens is 316 g/mol. The minimum absolute atomic E-state index is 0.210. The number of nitrogens with one attached hydrogen (secondary N) is 2. The van der Waals surface area contributed by atoms with Crippen LogP contribution < -0.4 is 15.4 Å². The lowest BCUT2D eigenvalue weighted by Gasteiger charge is -2.28. The highest BCUT2D eigenvalue weighted by atomic mass is 16.5. The molecule has 1 unspecified atom stereocenters. The maximum atomic E-state index is 5.73. The normalized spacial score (nSPS) is 16.9. The summed E-state index contributed by atoms with van der Waals surface area (Å²) in [6.07, 6.45) is 1.74. The van der Waals surface area contributed by atoms with E-state index in [-0.39, 0.29) is 6.04 Å². The first-order valence-corrected chi connectivity index (χ1v) is 8.87. The molecule has 1 aromatic heterocycles. The van der Waals surface area contributed by atoms with E-state index in [0.29, 0.717) is 13.2 Å². The Balaban J connectivity index is 1.67. The van der Waals surface area contributed by atoms with E-state index in [4.69, 9.17) is 14.3 Å². The summed E-state index contributed by atoms with van der Waals surface area (Å²) in [7, 11) is 0. The molecule has 1 atom stereocenters. The molecule has 0 aliphatic carbocycles. The number of aliphatic imine (C=N–C) groups is 1. The van der Waals surface area contributed by atoms with Gasteiger partial charge in [0.25, 0.3) is 0 Å². The Morgan fingerprint density at radius 3 is 2.92 bits per heavy atom. The van der Waals surface area contributed by atoms with Gasteiger partial charge in [-0.3, -0.25) is 4.99 Å². The molecule has 0 spiro atoms. The Morgan fingerprint density at radius 1 is 1.32 bits per heavy atom. The highest BCUT2D eigenvalue weighted by Gasteiger charge is 2.21. The van der Waals surface area contributed by atoms with Crippen LogP contribution in [0.1, 0.15) is 42.0 Å². The Hall–Kier alpha value is -2.50. The number of nitrogens with zero attached hydrogens (tertiary/aromatic N) is 2. The second kappa shape index (κ2) is 8.05. The molecule has 6 heteroatoms. The zero-order valence-electron chi connectivity index (χ0n) is 15.1. The number of rotatable bonds is 5. The van der Waals surface area contributed by atoms with Crippen LogP contribution in [0.15, 0.2) is 33.8 Å². The van der Waals surface area contributed by atoms with Gasteiger partial charge in [0.05, 0.1) is 18.3 Å². The topological polar surface area (TPSA) is 71.7 Å². The van der Waals surface area contributed by atoms with Gasteiger partial charge in [0, 0.05) is 30.6 Å². The predicted octanol–water partition coefficient (Wildman–Crippen LogP) is 2.91. The molecule has 0 amide bonds. The van der Waals surface area contributed by atoms with Gasteiger partial charge in [-0.05, 0) is 33.3 Å². The summed E-state index contributed by atoms with van der Waals surface area (Å²) in [4.78, 5) is 4.72. The van der Waals surface area contributed by atoms with Gasteiger partial charge in [-0.1, -0.05) is 23.4 Å². The van der Waals surface area contributed by atoms with Crippen molar-refractivity contribution in [3.05, 3.63) is 46.8 Å². The molecule has 1 aliphatic heterocycles. The number of hydrogen-bond acceptors (Lipinski definition) is 4. The maximum Gasteiger partial charge on any atom is 0.191 e. The lowest BCUT2D eigenvalue weighted by molar-refractivity contribution is 0.261. The smallest absolute Gasteiger partial charge is 0.191 e. The van der Waals surface area contributed by atoms with Crippen LogP contribution in [0.2, 0.25) is 0 Å². The fourth-order valence-corrected chi connectivity index (χ4v) is 3.12. The summed E-state index contributed by atoms with van der Waals surface area (Å²) in [5, 5.41) is 10.9. The van der Waals surface area contributed by atoms with Crippen LogP contribution in [0.5, 0.6) is 5.75 Å². The molecular formula is C19H26N4O2. The minimum Gasteiger partial charge on any atom is -0.493 e. The number of para-hydroxylation sites is 1. The first-order valence-electron chi connectivity index (χ1n) is 8.87. The van der Waals surface area contributed by atoms with Crippen molar-refractivity contribution in [2.75, 3.05) is 19.7 Å². The number of guanidine groups is 1. The molecule has 2 N–H and O–H groups in total. The van der Waals surface area contributed by atoms with Crippen molar-refractivity contribution in [1.82, 2.24) is 15.8 Å². The molecule has 0 fully saturated rings. The van der Waals surface area contributed by atoms with Crippen molar-refractivity contribution in [2.45, 2.75) is 39.7 Å². The largest absolute Gasteiger partial charge is 0.493 e. The molecule has 25 heavy (non-hydrogen) atoms. The minimum atomic E-state index is 0.210. The fourth-order valence-electron chi connectivity index (χ4n) is 3.12. The lowest BCUT2D eigenvalue weighted by Crippen LogP contribution is -2.41. The Morgan fingerprint density at radius 2 is 2.16 bits per heavy atom. The number of ether oxygens (including phenoxy) is 1. The van der Waals surface area contributed by atoms with Crippen molar-refractivity contribution < 1.29 is 9.26 Å². The van der Waals surface area contributed by atoms with Crippen molar-refractivity contribution >= 4 is 5.96 Å². The van der Waals surface area contributed by atoms with Gasteiger partial charge in [0.15, 0.2) is 5.96 Å². The van der Waals surface area contributed by atoms with Crippen LogP contribution >= 0.6 is 0 Å². The molecule has 1 aromatic carbocycles. The van der Waals surface area contributed by atoms with Crippen LogP contribution in [-0.4, -0.2) is 30.8 Å². The molecule has 2 heterocycles. The molecule has 1 aliphatic rings. The number of fused-ring (bicyclic) bond motifs is 1. The lowest BCUT2D eigenvalue weighted by atomic mass is 10.0. The van der Waals surface area contributed by atoms with Gasteiger partial charge in [0.1, 0.15) is 11.5 Å². The number of benzene rings is 1. The van der Waals surface area contributed by atoms with Crippen LogP contribution in [0, 0.1) is 13.8 Å². The second-order valence-electron chi connectivity index (χ2n) is 6.19. The van der Waals surface area contributed by atoms with E-state index in [1.165, 1.54) is 5.56 Å². The average Bonchev–Trinajstić information content (AvgIpc) is 2.94. The maximum absolute atomic E-state index is 5.73. The van der Waals surface area contributed by atoms with Gasteiger partial charge in [-0.25, -0.2) is 0 Å². The van der Waals surface area contributed by atoms with Crippen molar-refractivity contribution in [2.24, 2.45) is 4.99 Å². The summed E-state index contributed by atoms with van der Waals surface area (Å²) < 4.78 is 11.0. The standard InChI is InChI=1S/C19H26N4O2/c1-4-20-19(21-11-9-15-13(2)23-25-14(15)3)22-17-10-12-24-18-8-6-5-7-16(17)18/h5-8,17H,4,9-12H2,1-3H3,(H2,20,21,22). The third-order valence-corrected chi connectivity index (χ3v) is 4.43.